The number of fused-ring (bicyclic) bond motifs is 4. The van der Waals surface area contributed by atoms with Crippen molar-refractivity contribution in [2.75, 3.05) is 19.8 Å². The molecule has 7 heteroatoms. The molecule has 0 radical (unpaired) electrons. The van der Waals surface area contributed by atoms with Crippen LogP contribution in [0, 0.1) is 0 Å². The molecule has 1 fully saturated rings. The van der Waals surface area contributed by atoms with Crippen LogP contribution in [0.2, 0.25) is 0 Å². The molecule has 1 saturated heterocycles. The molecule has 3 atom stereocenters. The van der Waals surface area contributed by atoms with Crippen molar-refractivity contribution in [3.63, 3.8) is 0 Å². The van der Waals surface area contributed by atoms with Crippen LogP contribution in [0.25, 0.3) is 10.4 Å². The van der Waals surface area contributed by atoms with Crippen LogP contribution in [0.3, 0.4) is 0 Å². The lowest BCUT2D eigenvalue weighted by atomic mass is 9.88. The number of allylic oxidation sites excluding steroid dienone is 1. The minimum absolute atomic E-state index is 0.00557. The lowest BCUT2D eigenvalue weighted by Crippen LogP contribution is -2.51. The van der Waals surface area contributed by atoms with Crippen LogP contribution >= 0.6 is 11.3 Å². The zero-order valence-corrected chi connectivity index (χ0v) is 22.2. The van der Waals surface area contributed by atoms with Gasteiger partial charge in [-0.1, -0.05) is 36.4 Å². The number of nitrogens with zero attached hydrogens (tertiary/aromatic N) is 2. The normalized spacial score (nSPS) is 21.8. The summed E-state index contributed by atoms with van der Waals surface area (Å²) < 4.78 is 11.4. The fraction of sp³-hybridized carbons (Fsp3) is 0.290. The van der Waals surface area contributed by atoms with Crippen LogP contribution in [-0.4, -0.2) is 53.5 Å². The van der Waals surface area contributed by atoms with Crippen molar-refractivity contribution in [1.82, 2.24) is 9.80 Å². The third kappa shape index (κ3) is 4.21. The maximum absolute atomic E-state index is 13.9. The summed E-state index contributed by atoms with van der Waals surface area (Å²) in [5.41, 5.74) is 2.83. The monoisotopic (exact) mass is 526 g/mol. The molecule has 194 valence electrons. The van der Waals surface area contributed by atoms with E-state index in [-0.39, 0.29) is 29.9 Å². The van der Waals surface area contributed by atoms with Crippen LogP contribution in [0.1, 0.15) is 51.4 Å². The predicted molar refractivity (Wildman–Crippen MR) is 149 cm³/mol. The van der Waals surface area contributed by atoms with E-state index in [1.165, 1.54) is 11.3 Å². The molecule has 6 nitrogen and oxygen atoms in total. The molecule has 0 unspecified atom stereocenters. The lowest BCUT2D eigenvalue weighted by Gasteiger charge is -2.44. The predicted octanol–water partition coefficient (Wildman–Crippen LogP) is 6.12. The second-order valence-corrected chi connectivity index (χ2v) is 10.9. The molecule has 0 aliphatic carbocycles. The number of hydrogen-bond acceptors (Lipinski definition) is 5. The molecule has 0 N–H and O–H groups in total. The number of carbonyl (C=O) groups excluding carboxylic acids is 2. The molecular weight excluding hydrogens is 496 g/mol. The van der Waals surface area contributed by atoms with E-state index < -0.39 is 0 Å². The van der Waals surface area contributed by atoms with Crippen molar-refractivity contribution in [1.29, 1.82) is 0 Å². The fourth-order valence-corrected chi connectivity index (χ4v) is 6.87. The van der Waals surface area contributed by atoms with Gasteiger partial charge in [0.05, 0.1) is 17.0 Å². The van der Waals surface area contributed by atoms with E-state index in [2.05, 4.69) is 12.7 Å². The highest BCUT2D eigenvalue weighted by molar-refractivity contribution is 7.17. The first-order chi connectivity index (χ1) is 18.6. The average Bonchev–Trinajstić information content (AvgIpc) is 3.55. The molecule has 2 amide bonds. The van der Waals surface area contributed by atoms with E-state index in [4.69, 9.17) is 9.47 Å². The smallest absolute Gasteiger partial charge is 0.264 e. The zero-order valence-electron chi connectivity index (χ0n) is 21.3. The van der Waals surface area contributed by atoms with Crippen molar-refractivity contribution >= 4 is 23.2 Å². The Morgan fingerprint density at radius 3 is 2.74 bits per heavy atom. The van der Waals surface area contributed by atoms with E-state index in [9.17, 15) is 9.59 Å². The van der Waals surface area contributed by atoms with Gasteiger partial charge in [0.1, 0.15) is 13.2 Å². The van der Waals surface area contributed by atoms with Crippen LogP contribution in [0.5, 0.6) is 11.5 Å². The average molecular weight is 527 g/mol. The largest absolute Gasteiger partial charge is 0.486 e. The second-order valence-electron chi connectivity index (χ2n) is 9.80. The van der Waals surface area contributed by atoms with Crippen molar-refractivity contribution < 1.29 is 19.1 Å². The molecule has 4 heterocycles. The Kier molecular flexibility index (Phi) is 6.54. The number of thiophene rings is 1. The van der Waals surface area contributed by atoms with Crippen molar-refractivity contribution in [2.24, 2.45) is 0 Å². The number of amides is 2. The summed E-state index contributed by atoms with van der Waals surface area (Å²) in [6.45, 7) is 7.45. The molecule has 1 aromatic heterocycles. The van der Waals surface area contributed by atoms with Crippen molar-refractivity contribution in [2.45, 2.75) is 37.9 Å². The molecule has 0 saturated carbocycles. The minimum Gasteiger partial charge on any atom is -0.486 e. The quantitative estimate of drug-likeness (QED) is 0.363. The highest BCUT2D eigenvalue weighted by Crippen LogP contribution is 2.44. The number of carbonyl (C=O) groups is 2. The van der Waals surface area contributed by atoms with E-state index in [0.29, 0.717) is 37.5 Å². The van der Waals surface area contributed by atoms with E-state index in [1.807, 2.05) is 77.4 Å². The van der Waals surface area contributed by atoms with Gasteiger partial charge in [0.15, 0.2) is 11.5 Å². The molecule has 2 aromatic carbocycles. The molecule has 38 heavy (non-hydrogen) atoms. The Labute approximate surface area is 226 Å². The standard InChI is InChI=1S/C31H30N2O4S/c1-3-7-21-18-22(19-25-23-8-5-6-9-24(23)30(34)33(21)25)32(14-4-2)31(35)29-13-12-28(38-29)20-10-11-26-27(17-20)37-16-15-36-26/h3-13,17,21-22,25H,2,14-16,18-19H2,1H3/b7-3+/t21-,22-,25+/m1/s1. The Balaban J connectivity index is 1.28. The minimum atomic E-state index is -0.0691. The maximum Gasteiger partial charge on any atom is 0.264 e. The Hall–Kier alpha value is -3.84. The van der Waals surface area contributed by atoms with Gasteiger partial charge in [0, 0.05) is 23.0 Å². The third-order valence-corrected chi connectivity index (χ3v) is 8.69. The molecule has 3 aliphatic rings. The Bertz CT molecular complexity index is 1430. The first kappa shape index (κ1) is 24.5. The summed E-state index contributed by atoms with van der Waals surface area (Å²) in [6, 6.07) is 17.5. The highest BCUT2D eigenvalue weighted by Gasteiger charge is 2.46. The molecular formula is C31H30N2O4S. The van der Waals surface area contributed by atoms with E-state index in [0.717, 1.165) is 33.1 Å². The summed E-state index contributed by atoms with van der Waals surface area (Å²) >= 11 is 1.48. The van der Waals surface area contributed by atoms with Gasteiger partial charge in [-0.3, -0.25) is 9.59 Å². The molecule has 0 bridgehead atoms. The first-order valence-corrected chi connectivity index (χ1v) is 13.9. The van der Waals surface area contributed by atoms with Crippen LogP contribution in [0.15, 0.2) is 79.4 Å². The van der Waals surface area contributed by atoms with Crippen LogP contribution in [-0.2, 0) is 0 Å². The number of benzene rings is 2. The van der Waals surface area contributed by atoms with Crippen molar-refractivity contribution in [3.05, 3.63) is 95.4 Å². The van der Waals surface area contributed by atoms with Gasteiger partial charge in [-0.05, 0) is 67.3 Å². The number of hydrogen-bond donors (Lipinski definition) is 0. The van der Waals surface area contributed by atoms with Gasteiger partial charge in [-0.2, -0.15) is 0 Å². The van der Waals surface area contributed by atoms with Crippen molar-refractivity contribution in [3.8, 4) is 21.9 Å². The lowest BCUT2D eigenvalue weighted by molar-refractivity contribution is 0.0350. The van der Waals surface area contributed by atoms with Crippen LogP contribution in [0.4, 0.5) is 0 Å². The summed E-state index contributed by atoms with van der Waals surface area (Å²) in [5, 5.41) is 0. The van der Waals surface area contributed by atoms with E-state index in [1.54, 1.807) is 6.08 Å². The summed E-state index contributed by atoms with van der Waals surface area (Å²) in [5.74, 6) is 1.56. The van der Waals surface area contributed by atoms with Gasteiger partial charge < -0.3 is 19.3 Å². The van der Waals surface area contributed by atoms with Gasteiger partial charge in [-0.25, -0.2) is 0 Å². The molecule has 0 spiro atoms. The first-order valence-electron chi connectivity index (χ1n) is 13.0. The van der Waals surface area contributed by atoms with Gasteiger partial charge >= 0.3 is 0 Å². The second kappa shape index (κ2) is 10.1. The van der Waals surface area contributed by atoms with E-state index >= 15 is 0 Å². The Morgan fingerprint density at radius 1 is 1.11 bits per heavy atom. The van der Waals surface area contributed by atoms with Crippen LogP contribution < -0.4 is 9.47 Å². The number of piperidine rings is 1. The SMILES string of the molecule is C=CCN(C(=O)c1ccc(-c2ccc3c(c2)OCCO3)s1)[C@@H]1C[C@@H](/C=C/C)N2C(=O)c3ccccc3[C@@H]2C1. The van der Waals surface area contributed by atoms with Gasteiger partial charge in [-0.15, -0.1) is 17.9 Å². The zero-order chi connectivity index (χ0) is 26.2. The summed E-state index contributed by atoms with van der Waals surface area (Å²) in [6.07, 6.45) is 7.28. The number of ether oxygens (including phenoxy) is 2. The van der Waals surface area contributed by atoms with Gasteiger partial charge in [0.2, 0.25) is 0 Å². The van der Waals surface area contributed by atoms with Gasteiger partial charge in [0.25, 0.3) is 11.8 Å². The highest BCUT2D eigenvalue weighted by atomic mass is 32.1. The molecule has 6 rings (SSSR count). The third-order valence-electron chi connectivity index (χ3n) is 7.57. The maximum atomic E-state index is 13.9. The summed E-state index contributed by atoms with van der Waals surface area (Å²) in [7, 11) is 0. The Morgan fingerprint density at radius 2 is 1.92 bits per heavy atom. The molecule has 3 aromatic rings. The number of rotatable bonds is 6. The topological polar surface area (TPSA) is 59.1 Å². The molecule has 3 aliphatic heterocycles. The summed E-state index contributed by atoms with van der Waals surface area (Å²) in [4.78, 5) is 32.8. The fourth-order valence-electron chi connectivity index (χ4n) is 5.91.